The van der Waals surface area contributed by atoms with Gasteiger partial charge in [0.1, 0.15) is 12.4 Å². The number of aryl methyl sites for hydroxylation is 1. The molecule has 23 heavy (non-hydrogen) atoms. The molecule has 3 aromatic rings. The molecule has 0 bridgehead atoms. The van der Waals surface area contributed by atoms with Crippen molar-refractivity contribution < 1.29 is 9.53 Å². The molecule has 0 saturated carbocycles. The number of benzene rings is 1. The van der Waals surface area contributed by atoms with Crippen molar-refractivity contribution in [1.82, 2.24) is 20.0 Å². The van der Waals surface area contributed by atoms with Gasteiger partial charge in [0, 0.05) is 12.7 Å². The van der Waals surface area contributed by atoms with E-state index in [0.29, 0.717) is 18.1 Å². The summed E-state index contributed by atoms with van der Waals surface area (Å²) in [6.07, 6.45) is 3.26. The molecule has 1 aromatic carbocycles. The van der Waals surface area contributed by atoms with E-state index in [0.717, 1.165) is 11.3 Å². The molecule has 2 heterocycles. The second kappa shape index (κ2) is 6.45. The van der Waals surface area contributed by atoms with Crippen molar-refractivity contribution in [3.05, 3.63) is 54.0 Å². The summed E-state index contributed by atoms with van der Waals surface area (Å²) in [5.74, 6) is -0.271. The van der Waals surface area contributed by atoms with E-state index in [9.17, 15) is 4.79 Å². The van der Waals surface area contributed by atoms with Crippen LogP contribution in [0.3, 0.4) is 0 Å². The molecule has 3 rings (SSSR count). The number of nitrogens with zero attached hydrogens (tertiary/aromatic N) is 3. The average molecular weight is 311 g/mol. The lowest BCUT2D eigenvalue weighted by atomic mass is 10.1. The van der Waals surface area contributed by atoms with Gasteiger partial charge in [-0.25, -0.2) is 4.68 Å². The quantitative estimate of drug-likeness (QED) is 0.758. The van der Waals surface area contributed by atoms with E-state index in [1.807, 2.05) is 31.2 Å². The first-order valence-electron chi connectivity index (χ1n) is 7.11. The maximum atomic E-state index is 12.2. The monoisotopic (exact) mass is 311 g/mol. The highest BCUT2D eigenvalue weighted by molar-refractivity contribution is 6.03. The number of carbonyl (C=O) groups excluding carboxylic acids is 1. The van der Waals surface area contributed by atoms with Gasteiger partial charge in [0.2, 0.25) is 0 Å². The van der Waals surface area contributed by atoms with Crippen LogP contribution in [0.5, 0.6) is 0 Å². The Hall–Kier alpha value is -2.93. The van der Waals surface area contributed by atoms with Gasteiger partial charge in [-0.3, -0.25) is 9.89 Å². The normalized spacial score (nSPS) is 10.7. The summed E-state index contributed by atoms with van der Waals surface area (Å²) in [4.78, 5) is 12.2. The van der Waals surface area contributed by atoms with Gasteiger partial charge in [0.15, 0.2) is 0 Å². The number of aromatic amines is 1. The fraction of sp³-hybridized carbons (Fsp3) is 0.188. The van der Waals surface area contributed by atoms with Crippen LogP contribution in [0.4, 0.5) is 5.69 Å². The van der Waals surface area contributed by atoms with Crippen LogP contribution in [-0.4, -0.2) is 33.0 Å². The first kappa shape index (κ1) is 15.0. The molecule has 118 valence electrons. The molecule has 0 fully saturated rings. The molecule has 0 atom stereocenters. The minimum absolute atomic E-state index is 0.271. The Kier molecular flexibility index (Phi) is 4.20. The SMILES string of the molecule is COCn1cc(NC(=O)c2cc(-c3ccc(C)cc3)n[nH]2)cn1. The third-order valence-electron chi connectivity index (χ3n) is 3.32. The Balaban J connectivity index is 1.71. The van der Waals surface area contributed by atoms with Gasteiger partial charge in [0.25, 0.3) is 5.91 Å². The zero-order valence-electron chi connectivity index (χ0n) is 12.9. The Bertz CT molecular complexity index is 804. The zero-order chi connectivity index (χ0) is 16.2. The lowest BCUT2D eigenvalue weighted by Crippen LogP contribution is -2.11. The predicted octanol–water partition coefficient (Wildman–Crippen LogP) is 2.44. The highest BCUT2D eigenvalue weighted by Crippen LogP contribution is 2.18. The molecule has 0 saturated heterocycles. The zero-order valence-corrected chi connectivity index (χ0v) is 12.9. The Labute approximate surface area is 133 Å². The predicted molar refractivity (Wildman–Crippen MR) is 85.9 cm³/mol. The third kappa shape index (κ3) is 3.46. The lowest BCUT2D eigenvalue weighted by molar-refractivity contribution is 0.102. The Morgan fingerprint density at radius 2 is 2.13 bits per heavy atom. The van der Waals surface area contributed by atoms with Crippen molar-refractivity contribution in [2.45, 2.75) is 13.7 Å². The number of anilines is 1. The lowest BCUT2D eigenvalue weighted by Gasteiger charge is -1.99. The average Bonchev–Trinajstić information content (AvgIpc) is 3.18. The number of aromatic nitrogens is 4. The van der Waals surface area contributed by atoms with Crippen molar-refractivity contribution in [3.63, 3.8) is 0 Å². The molecule has 0 aliphatic heterocycles. The Morgan fingerprint density at radius 1 is 1.35 bits per heavy atom. The van der Waals surface area contributed by atoms with Gasteiger partial charge in [-0.05, 0) is 13.0 Å². The van der Waals surface area contributed by atoms with Crippen LogP contribution in [0, 0.1) is 6.92 Å². The maximum absolute atomic E-state index is 12.2. The van der Waals surface area contributed by atoms with Crippen molar-refractivity contribution in [1.29, 1.82) is 0 Å². The molecule has 0 radical (unpaired) electrons. The maximum Gasteiger partial charge on any atom is 0.273 e. The largest absolute Gasteiger partial charge is 0.362 e. The molecule has 0 aliphatic rings. The summed E-state index contributed by atoms with van der Waals surface area (Å²) in [7, 11) is 1.58. The summed E-state index contributed by atoms with van der Waals surface area (Å²) in [5, 5.41) is 13.8. The molecule has 0 aliphatic carbocycles. The number of ether oxygens (including phenoxy) is 1. The molecule has 1 amide bonds. The first-order valence-corrected chi connectivity index (χ1v) is 7.11. The second-order valence-corrected chi connectivity index (χ2v) is 5.17. The number of amides is 1. The molecule has 2 N–H and O–H groups in total. The highest BCUT2D eigenvalue weighted by atomic mass is 16.5. The van der Waals surface area contributed by atoms with E-state index < -0.39 is 0 Å². The molecule has 0 spiro atoms. The Morgan fingerprint density at radius 3 is 2.87 bits per heavy atom. The van der Waals surface area contributed by atoms with Crippen molar-refractivity contribution in [2.75, 3.05) is 12.4 Å². The van der Waals surface area contributed by atoms with Crippen LogP contribution < -0.4 is 5.32 Å². The van der Waals surface area contributed by atoms with E-state index in [1.165, 1.54) is 5.56 Å². The molecule has 7 nitrogen and oxygen atoms in total. The van der Waals surface area contributed by atoms with Crippen LogP contribution in [0.2, 0.25) is 0 Å². The van der Waals surface area contributed by atoms with Gasteiger partial charge < -0.3 is 10.1 Å². The number of nitrogens with one attached hydrogen (secondary N) is 2. The molecule has 7 heteroatoms. The van der Waals surface area contributed by atoms with Gasteiger partial charge in [0.05, 0.1) is 23.8 Å². The second-order valence-electron chi connectivity index (χ2n) is 5.17. The van der Waals surface area contributed by atoms with Crippen LogP contribution in [0.1, 0.15) is 16.1 Å². The fourth-order valence-electron chi connectivity index (χ4n) is 2.14. The molecular weight excluding hydrogens is 294 g/mol. The number of rotatable bonds is 5. The van der Waals surface area contributed by atoms with Gasteiger partial charge in [-0.1, -0.05) is 29.8 Å². The summed E-state index contributed by atoms with van der Waals surface area (Å²) < 4.78 is 6.55. The number of hydrogen-bond donors (Lipinski definition) is 2. The van der Waals surface area contributed by atoms with Gasteiger partial charge >= 0.3 is 0 Å². The molecule has 0 unspecified atom stereocenters. The van der Waals surface area contributed by atoms with Gasteiger partial charge in [-0.15, -0.1) is 0 Å². The highest BCUT2D eigenvalue weighted by Gasteiger charge is 2.12. The van der Waals surface area contributed by atoms with Crippen LogP contribution >= 0.6 is 0 Å². The number of carbonyl (C=O) groups is 1. The summed E-state index contributed by atoms with van der Waals surface area (Å²) in [6.45, 7) is 2.36. The summed E-state index contributed by atoms with van der Waals surface area (Å²) in [6, 6.07) is 9.69. The van der Waals surface area contributed by atoms with Crippen molar-refractivity contribution in [3.8, 4) is 11.3 Å². The number of H-pyrrole nitrogens is 1. The number of hydrogen-bond acceptors (Lipinski definition) is 4. The van der Waals surface area contributed by atoms with E-state index in [2.05, 4.69) is 20.6 Å². The first-order chi connectivity index (χ1) is 11.2. The minimum Gasteiger partial charge on any atom is -0.362 e. The van der Waals surface area contributed by atoms with Crippen LogP contribution in [0.15, 0.2) is 42.7 Å². The van der Waals surface area contributed by atoms with Crippen molar-refractivity contribution >= 4 is 11.6 Å². The standard InChI is InChI=1S/C16H17N5O2/c1-11-3-5-12(6-4-11)14-7-15(20-19-14)16(22)18-13-8-17-21(9-13)10-23-2/h3-9H,10H2,1-2H3,(H,18,22)(H,19,20). The summed E-state index contributed by atoms with van der Waals surface area (Å²) >= 11 is 0. The van der Waals surface area contributed by atoms with E-state index in [-0.39, 0.29) is 5.91 Å². The smallest absolute Gasteiger partial charge is 0.273 e. The van der Waals surface area contributed by atoms with Crippen LogP contribution in [-0.2, 0) is 11.5 Å². The van der Waals surface area contributed by atoms with Crippen molar-refractivity contribution in [2.24, 2.45) is 0 Å². The van der Waals surface area contributed by atoms with Crippen LogP contribution in [0.25, 0.3) is 11.3 Å². The van der Waals surface area contributed by atoms with E-state index in [1.54, 1.807) is 30.3 Å². The van der Waals surface area contributed by atoms with Gasteiger partial charge in [-0.2, -0.15) is 10.2 Å². The third-order valence-corrected chi connectivity index (χ3v) is 3.32. The topological polar surface area (TPSA) is 84.8 Å². The van der Waals surface area contributed by atoms with E-state index in [4.69, 9.17) is 4.74 Å². The minimum atomic E-state index is -0.271. The molecular formula is C16H17N5O2. The van der Waals surface area contributed by atoms with E-state index >= 15 is 0 Å². The summed E-state index contributed by atoms with van der Waals surface area (Å²) in [5.41, 5.74) is 3.85. The number of methoxy groups -OCH3 is 1. The fourth-order valence-corrected chi connectivity index (χ4v) is 2.14. The molecule has 2 aromatic heterocycles.